The highest BCUT2D eigenvalue weighted by Crippen LogP contribution is 2.10. The van der Waals surface area contributed by atoms with E-state index in [1.165, 1.54) is 0 Å². The maximum absolute atomic E-state index is 11.8. The summed E-state index contributed by atoms with van der Waals surface area (Å²) in [5, 5.41) is 0. The molecular weight excluding hydrogens is 230 g/mol. The fourth-order valence-electron chi connectivity index (χ4n) is 1.09. The molecule has 1 atom stereocenters. The molecule has 15 heavy (non-hydrogen) atoms. The molecule has 0 bridgehead atoms. The molecule has 0 aromatic heterocycles. The lowest BCUT2D eigenvalue weighted by Crippen LogP contribution is -2.33. The Morgan fingerprint density at radius 2 is 1.87 bits per heavy atom. The normalized spacial score (nSPS) is 13.8. The lowest BCUT2D eigenvalue weighted by atomic mass is 10.2. The minimum absolute atomic E-state index is 0.167. The summed E-state index contributed by atoms with van der Waals surface area (Å²) in [5.41, 5.74) is 1.04. The van der Waals surface area contributed by atoms with Crippen LogP contribution in [0.25, 0.3) is 0 Å². The molecular formula is C10H15NO2S2. The lowest BCUT2D eigenvalue weighted by molar-refractivity contribution is 0.571. The Bertz CT molecular complexity index is 412. The second kappa shape index (κ2) is 5.01. The third-order valence-electron chi connectivity index (χ3n) is 1.96. The van der Waals surface area contributed by atoms with E-state index in [4.69, 9.17) is 0 Å². The van der Waals surface area contributed by atoms with Gasteiger partial charge in [-0.25, -0.2) is 13.1 Å². The molecule has 0 saturated carbocycles. The van der Waals surface area contributed by atoms with Crippen LogP contribution in [0.1, 0.15) is 12.5 Å². The summed E-state index contributed by atoms with van der Waals surface area (Å²) >= 11 is 4.03. The van der Waals surface area contributed by atoms with Gasteiger partial charge in [0.2, 0.25) is 10.0 Å². The van der Waals surface area contributed by atoms with Crippen LogP contribution in [0.5, 0.6) is 0 Å². The minimum Gasteiger partial charge on any atom is -0.208 e. The van der Waals surface area contributed by atoms with Crippen molar-refractivity contribution >= 4 is 22.7 Å². The van der Waals surface area contributed by atoms with Crippen LogP contribution in [0, 0.1) is 6.92 Å². The predicted molar refractivity (Wildman–Crippen MR) is 64.8 cm³/mol. The van der Waals surface area contributed by atoms with E-state index >= 15 is 0 Å². The maximum atomic E-state index is 11.8. The molecule has 1 N–H and O–H groups in total. The van der Waals surface area contributed by atoms with Crippen molar-refractivity contribution in [3.05, 3.63) is 29.8 Å². The summed E-state index contributed by atoms with van der Waals surface area (Å²) in [6.07, 6.45) is 0. The van der Waals surface area contributed by atoms with Crippen LogP contribution in [0.2, 0.25) is 0 Å². The Labute approximate surface area is 96.4 Å². The zero-order valence-corrected chi connectivity index (χ0v) is 10.5. The smallest absolute Gasteiger partial charge is 0.208 e. The van der Waals surface area contributed by atoms with Gasteiger partial charge in [-0.05, 0) is 26.0 Å². The molecule has 0 aliphatic rings. The topological polar surface area (TPSA) is 46.2 Å². The van der Waals surface area contributed by atoms with Crippen LogP contribution in [0.15, 0.2) is 29.2 Å². The molecule has 0 radical (unpaired) electrons. The quantitative estimate of drug-likeness (QED) is 0.791. The molecule has 3 nitrogen and oxygen atoms in total. The average Bonchev–Trinajstić information content (AvgIpc) is 2.17. The van der Waals surface area contributed by atoms with Gasteiger partial charge in [0.05, 0.1) is 4.90 Å². The SMILES string of the molecule is Cc1ccc(S(=O)(=O)NC(C)CS)cc1. The van der Waals surface area contributed by atoms with Gasteiger partial charge >= 0.3 is 0 Å². The monoisotopic (exact) mass is 245 g/mol. The highest BCUT2D eigenvalue weighted by Gasteiger charge is 2.15. The van der Waals surface area contributed by atoms with Crippen LogP contribution in [-0.2, 0) is 10.0 Å². The number of thiol groups is 1. The molecule has 0 saturated heterocycles. The van der Waals surface area contributed by atoms with Crippen LogP contribution >= 0.6 is 12.6 Å². The average molecular weight is 245 g/mol. The molecule has 0 aliphatic heterocycles. The van der Waals surface area contributed by atoms with Crippen molar-refractivity contribution in [1.82, 2.24) is 4.72 Å². The maximum Gasteiger partial charge on any atom is 0.240 e. The highest BCUT2D eigenvalue weighted by atomic mass is 32.2. The zero-order chi connectivity index (χ0) is 11.5. The Morgan fingerprint density at radius 1 is 1.33 bits per heavy atom. The van der Waals surface area contributed by atoms with E-state index < -0.39 is 10.0 Å². The first-order valence-corrected chi connectivity index (χ1v) is 6.77. The summed E-state index contributed by atoms with van der Waals surface area (Å²) < 4.78 is 26.1. The highest BCUT2D eigenvalue weighted by molar-refractivity contribution is 7.89. The Morgan fingerprint density at radius 3 is 2.33 bits per heavy atom. The Kier molecular flexibility index (Phi) is 4.19. The van der Waals surface area contributed by atoms with Crippen molar-refractivity contribution in [2.24, 2.45) is 0 Å². The molecule has 1 aromatic carbocycles. The number of hydrogen-bond acceptors (Lipinski definition) is 3. The van der Waals surface area contributed by atoms with Crippen LogP contribution in [-0.4, -0.2) is 20.2 Å². The Hall–Kier alpha value is -0.520. The van der Waals surface area contributed by atoms with E-state index in [0.29, 0.717) is 10.6 Å². The molecule has 84 valence electrons. The minimum atomic E-state index is -3.39. The summed E-state index contributed by atoms with van der Waals surface area (Å²) in [7, 11) is -3.39. The molecule has 0 amide bonds. The van der Waals surface area contributed by atoms with Gasteiger partial charge in [-0.1, -0.05) is 17.7 Å². The summed E-state index contributed by atoms with van der Waals surface area (Å²) in [4.78, 5) is 0.293. The summed E-state index contributed by atoms with van der Waals surface area (Å²) in [6.45, 7) is 3.69. The van der Waals surface area contributed by atoms with Crippen LogP contribution < -0.4 is 4.72 Å². The number of hydrogen-bond donors (Lipinski definition) is 2. The second-order valence-corrected chi connectivity index (χ2v) is 5.60. The molecule has 5 heteroatoms. The van der Waals surface area contributed by atoms with Crippen molar-refractivity contribution in [3.63, 3.8) is 0 Å². The van der Waals surface area contributed by atoms with E-state index in [9.17, 15) is 8.42 Å². The van der Waals surface area contributed by atoms with Crippen molar-refractivity contribution < 1.29 is 8.42 Å². The summed E-state index contributed by atoms with van der Waals surface area (Å²) in [5.74, 6) is 0.477. The number of benzene rings is 1. The van der Waals surface area contributed by atoms with E-state index in [1.807, 2.05) is 6.92 Å². The van der Waals surface area contributed by atoms with Gasteiger partial charge in [0.25, 0.3) is 0 Å². The van der Waals surface area contributed by atoms with E-state index in [0.717, 1.165) is 5.56 Å². The number of aryl methyl sites for hydroxylation is 1. The van der Waals surface area contributed by atoms with Crippen molar-refractivity contribution in [1.29, 1.82) is 0 Å². The summed E-state index contributed by atoms with van der Waals surface area (Å²) in [6, 6.07) is 6.59. The fourth-order valence-corrected chi connectivity index (χ4v) is 2.55. The molecule has 1 rings (SSSR count). The first kappa shape index (κ1) is 12.5. The third-order valence-corrected chi connectivity index (χ3v) is 4.11. The largest absolute Gasteiger partial charge is 0.240 e. The lowest BCUT2D eigenvalue weighted by Gasteiger charge is -2.11. The number of nitrogens with one attached hydrogen (secondary N) is 1. The number of sulfonamides is 1. The molecule has 1 unspecified atom stereocenters. The first-order valence-electron chi connectivity index (χ1n) is 4.65. The van der Waals surface area contributed by atoms with Gasteiger partial charge in [0.1, 0.15) is 0 Å². The molecule has 0 aliphatic carbocycles. The van der Waals surface area contributed by atoms with Gasteiger partial charge in [0, 0.05) is 11.8 Å². The van der Waals surface area contributed by atoms with E-state index in [1.54, 1.807) is 31.2 Å². The second-order valence-electron chi connectivity index (χ2n) is 3.52. The van der Waals surface area contributed by atoms with Gasteiger partial charge in [0.15, 0.2) is 0 Å². The predicted octanol–water partition coefficient (Wildman–Crippen LogP) is 1.59. The van der Waals surface area contributed by atoms with E-state index in [2.05, 4.69) is 17.4 Å². The van der Waals surface area contributed by atoms with Gasteiger partial charge in [-0.2, -0.15) is 12.6 Å². The number of rotatable bonds is 4. The van der Waals surface area contributed by atoms with Crippen molar-refractivity contribution in [2.45, 2.75) is 24.8 Å². The van der Waals surface area contributed by atoms with Gasteiger partial charge in [-0.3, -0.25) is 0 Å². The molecule has 0 heterocycles. The fraction of sp³-hybridized carbons (Fsp3) is 0.400. The van der Waals surface area contributed by atoms with Crippen LogP contribution in [0.3, 0.4) is 0 Å². The van der Waals surface area contributed by atoms with Gasteiger partial charge < -0.3 is 0 Å². The van der Waals surface area contributed by atoms with Crippen LogP contribution in [0.4, 0.5) is 0 Å². The van der Waals surface area contributed by atoms with E-state index in [-0.39, 0.29) is 6.04 Å². The first-order chi connectivity index (χ1) is 6.95. The zero-order valence-electron chi connectivity index (χ0n) is 8.77. The molecule has 0 fully saturated rings. The molecule has 1 aromatic rings. The third kappa shape index (κ3) is 3.52. The van der Waals surface area contributed by atoms with Gasteiger partial charge in [-0.15, -0.1) is 0 Å². The van der Waals surface area contributed by atoms with Crippen molar-refractivity contribution in [3.8, 4) is 0 Å². The molecule has 0 spiro atoms. The van der Waals surface area contributed by atoms with Crippen molar-refractivity contribution in [2.75, 3.05) is 5.75 Å². The Balaban J connectivity index is 2.91. The standard InChI is InChI=1S/C10H15NO2S2/c1-8-3-5-10(6-4-8)15(12,13)11-9(2)7-14/h3-6,9,11,14H,7H2,1-2H3.